The van der Waals surface area contributed by atoms with Crippen molar-refractivity contribution >= 4 is 33.4 Å². The largest absolute Gasteiger partial charge is 0.462 e. The summed E-state index contributed by atoms with van der Waals surface area (Å²) in [7, 11) is 0. The summed E-state index contributed by atoms with van der Waals surface area (Å²) in [4.78, 5) is 31.7. The number of carbonyl (C=O) groups is 2. The Morgan fingerprint density at radius 2 is 2.00 bits per heavy atom. The number of halogens is 1. The number of fused-ring (bicyclic) bond motifs is 1. The van der Waals surface area contributed by atoms with Crippen molar-refractivity contribution in [3.05, 3.63) is 33.4 Å². The van der Waals surface area contributed by atoms with Crippen LogP contribution in [0.25, 0.3) is 0 Å². The summed E-state index contributed by atoms with van der Waals surface area (Å²) in [5.41, 5.74) is 2.66. The van der Waals surface area contributed by atoms with Gasteiger partial charge in [0.2, 0.25) is 6.79 Å². The summed E-state index contributed by atoms with van der Waals surface area (Å²) in [5, 5.41) is 0. The molecule has 0 saturated carbocycles. The molecule has 4 aliphatic rings. The van der Waals surface area contributed by atoms with Crippen LogP contribution in [0.15, 0.2) is 32.9 Å². The Hall–Kier alpha value is -2.19. The Labute approximate surface area is 201 Å². The number of Topliss-reactive ketones (excluding diaryl/α,β-unsaturated/α-hetero) is 1. The highest BCUT2D eigenvalue weighted by atomic mass is 79.9. The number of hydrogen-bond donors (Lipinski definition) is 0. The SMILES string of the molecule is CC1=NC2=C(C(=O)CC(C)(C)C2)[C@@H](c2cc3c(cc2Br)OCO3)C1C(=O)OC[C@@H]1CCCO1. The van der Waals surface area contributed by atoms with Gasteiger partial charge in [-0.1, -0.05) is 29.8 Å². The average molecular weight is 518 g/mol. The fourth-order valence-electron chi connectivity index (χ4n) is 5.30. The van der Waals surface area contributed by atoms with Crippen LogP contribution in [0, 0.1) is 11.3 Å². The number of rotatable bonds is 4. The summed E-state index contributed by atoms with van der Waals surface area (Å²) in [6, 6.07) is 3.71. The van der Waals surface area contributed by atoms with Gasteiger partial charge in [0.25, 0.3) is 0 Å². The van der Waals surface area contributed by atoms with E-state index >= 15 is 0 Å². The van der Waals surface area contributed by atoms with Crippen LogP contribution in [-0.4, -0.2) is 43.6 Å². The van der Waals surface area contributed by atoms with Crippen LogP contribution in [0.2, 0.25) is 0 Å². The molecule has 0 bridgehead atoms. The van der Waals surface area contributed by atoms with E-state index in [0.29, 0.717) is 42.2 Å². The van der Waals surface area contributed by atoms with Crippen molar-refractivity contribution in [2.24, 2.45) is 16.3 Å². The Kier molecular flexibility index (Phi) is 5.85. The van der Waals surface area contributed by atoms with Crippen LogP contribution in [0.4, 0.5) is 0 Å². The van der Waals surface area contributed by atoms with Gasteiger partial charge in [-0.3, -0.25) is 14.6 Å². The molecule has 176 valence electrons. The summed E-state index contributed by atoms with van der Waals surface area (Å²) < 4.78 is 23.2. The van der Waals surface area contributed by atoms with E-state index in [9.17, 15) is 9.59 Å². The Morgan fingerprint density at radius 1 is 1.24 bits per heavy atom. The topological polar surface area (TPSA) is 83.4 Å². The maximum atomic E-state index is 13.4. The van der Waals surface area contributed by atoms with Gasteiger partial charge < -0.3 is 18.9 Å². The molecule has 0 aromatic heterocycles. The molecule has 0 radical (unpaired) electrons. The molecule has 0 spiro atoms. The van der Waals surface area contributed by atoms with Gasteiger partial charge in [0.05, 0.1) is 6.10 Å². The molecule has 8 heteroatoms. The van der Waals surface area contributed by atoms with E-state index in [1.165, 1.54) is 0 Å². The first-order valence-corrected chi connectivity index (χ1v) is 12.2. The maximum Gasteiger partial charge on any atom is 0.315 e. The van der Waals surface area contributed by atoms with Crippen molar-refractivity contribution in [1.82, 2.24) is 0 Å². The zero-order valence-electron chi connectivity index (χ0n) is 19.1. The van der Waals surface area contributed by atoms with Gasteiger partial charge in [0.1, 0.15) is 12.5 Å². The molecule has 5 rings (SSSR count). The molecule has 1 fully saturated rings. The number of hydrogen-bond acceptors (Lipinski definition) is 7. The Morgan fingerprint density at radius 3 is 2.73 bits per heavy atom. The maximum absolute atomic E-state index is 13.4. The molecule has 1 unspecified atom stereocenters. The van der Waals surface area contributed by atoms with E-state index in [1.807, 2.05) is 19.1 Å². The first-order chi connectivity index (χ1) is 15.7. The Bertz CT molecular complexity index is 1070. The molecular weight excluding hydrogens is 490 g/mol. The van der Waals surface area contributed by atoms with Crippen LogP contribution < -0.4 is 9.47 Å². The molecule has 0 amide bonds. The zero-order chi connectivity index (χ0) is 23.3. The number of aliphatic imine (C=N–C) groups is 1. The van der Waals surface area contributed by atoms with Crippen molar-refractivity contribution in [2.75, 3.05) is 20.0 Å². The van der Waals surface area contributed by atoms with E-state index in [-0.39, 0.29) is 36.7 Å². The molecule has 1 aliphatic carbocycles. The molecule has 3 heterocycles. The normalized spacial score (nSPS) is 27.9. The molecule has 3 aliphatic heterocycles. The van der Waals surface area contributed by atoms with Crippen LogP contribution in [0.3, 0.4) is 0 Å². The third-order valence-corrected chi connectivity index (χ3v) is 7.51. The third-order valence-electron chi connectivity index (χ3n) is 6.82. The minimum atomic E-state index is -0.702. The third kappa shape index (κ3) is 4.23. The number of carbonyl (C=O) groups excluding carboxylic acids is 2. The summed E-state index contributed by atoms with van der Waals surface area (Å²) in [6.45, 7) is 7.05. The average Bonchev–Trinajstić information content (AvgIpc) is 3.41. The molecule has 3 atom stereocenters. The van der Waals surface area contributed by atoms with E-state index in [4.69, 9.17) is 23.9 Å². The van der Waals surface area contributed by atoms with Crippen molar-refractivity contribution in [3.63, 3.8) is 0 Å². The van der Waals surface area contributed by atoms with Crippen molar-refractivity contribution in [2.45, 2.75) is 58.5 Å². The molecular formula is C25H28BrNO6. The van der Waals surface area contributed by atoms with Gasteiger partial charge in [0, 0.05) is 40.4 Å². The number of benzene rings is 1. The molecule has 1 aromatic rings. The lowest BCUT2D eigenvalue weighted by atomic mass is 9.67. The van der Waals surface area contributed by atoms with Crippen LogP contribution in [-0.2, 0) is 19.1 Å². The van der Waals surface area contributed by atoms with Crippen molar-refractivity contribution in [3.8, 4) is 11.5 Å². The van der Waals surface area contributed by atoms with Gasteiger partial charge in [-0.15, -0.1) is 0 Å². The second-order valence-electron chi connectivity index (χ2n) is 10.0. The predicted octanol–water partition coefficient (Wildman–Crippen LogP) is 4.72. The smallest absolute Gasteiger partial charge is 0.315 e. The zero-order valence-corrected chi connectivity index (χ0v) is 20.7. The minimum absolute atomic E-state index is 0.0315. The van der Waals surface area contributed by atoms with E-state index in [1.54, 1.807) is 0 Å². The minimum Gasteiger partial charge on any atom is -0.462 e. The van der Waals surface area contributed by atoms with Crippen molar-refractivity contribution < 1.29 is 28.5 Å². The van der Waals surface area contributed by atoms with E-state index in [0.717, 1.165) is 28.6 Å². The number of ketones is 1. The molecule has 0 N–H and O–H groups in total. The number of allylic oxidation sites excluding steroid dienone is 2. The fraction of sp³-hybridized carbons (Fsp3) is 0.560. The van der Waals surface area contributed by atoms with Gasteiger partial charge in [-0.2, -0.15) is 0 Å². The van der Waals surface area contributed by atoms with E-state index < -0.39 is 11.8 Å². The summed E-state index contributed by atoms with van der Waals surface area (Å²) in [5.74, 6) is -0.330. The summed E-state index contributed by atoms with van der Waals surface area (Å²) >= 11 is 3.65. The van der Waals surface area contributed by atoms with Gasteiger partial charge >= 0.3 is 5.97 Å². The van der Waals surface area contributed by atoms with E-state index in [2.05, 4.69) is 29.8 Å². The van der Waals surface area contributed by atoms with Gasteiger partial charge in [-0.05, 0) is 49.3 Å². The van der Waals surface area contributed by atoms with Gasteiger partial charge in [-0.25, -0.2) is 0 Å². The molecule has 1 aromatic carbocycles. The number of ether oxygens (including phenoxy) is 4. The second kappa shape index (κ2) is 8.55. The van der Waals surface area contributed by atoms with Crippen LogP contribution in [0.5, 0.6) is 11.5 Å². The first kappa shape index (κ1) is 22.6. The monoisotopic (exact) mass is 517 g/mol. The highest BCUT2D eigenvalue weighted by molar-refractivity contribution is 9.10. The number of esters is 1. The second-order valence-corrected chi connectivity index (χ2v) is 10.9. The molecule has 7 nitrogen and oxygen atoms in total. The lowest BCUT2D eigenvalue weighted by Crippen LogP contribution is -2.40. The predicted molar refractivity (Wildman–Crippen MR) is 125 cm³/mol. The summed E-state index contributed by atoms with van der Waals surface area (Å²) in [6.07, 6.45) is 2.88. The van der Waals surface area contributed by atoms with Crippen LogP contribution in [0.1, 0.15) is 57.9 Å². The van der Waals surface area contributed by atoms with Crippen molar-refractivity contribution in [1.29, 1.82) is 0 Å². The molecule has 33 heavy (non-hydrogen) atoms. The quantitative estimate of drug-likeness (QED) is 0.537. The lowest BCUT2D eigenvalue weighted by molar-refractivity contribution is -0.149. The van der Waals surface area contributed by atoms with Gasteiger partial charge in [0.15, 0.2) is 17.3 Å². The molecule has 1 saturated heterocycles. The lowest BCUT2D eigenvalue weighted by Gasteiger charge is -2.39. The fourth-order valence-corrected chi connectivity index (χ4v) is 5.87. The number of nitrogens with zero attached hydrogens (tertiary/aromatic N) is 1. The standard InChI is InChI=1S/C25H28BrNO6/c1-13-21(24(29)31-11-14-5-4-6-30-14)22(15-7-19-20(8-16(15)26)33-12-32-19)23-17(27-13)9-25(2,3)10-18(23)28/h7-8,14,21-22H,4-6,9-12H2,1-3H3/t14-,21?,22-/m0/s1. The highest BCUT2D eigenvalue weighted by Gasteiger charge is 2.47. The first-order valence-electron chi connectivity index (χ1n) is 11.4. The Balaban J connectivity index is 1.57. The van der Waals surface area contributed by atoms with Crippen LogP contribution >= 0.6 is 15.9 Å². The highest BCUT2D eigenvalue weighted by Crippen LogP contribution is 2.51.